The van der Waals surface area contributed by atoms with E-state index in [0.717, 1.165) is 12.8 Å². The molecule has 0 saturated heterocycles. The van der Waals surface area contributed by atoms with E-state index in [1.54, 1.807) is 24.3 Å². The molecule has 0 bridgehead atoms. The van der Waals surface area contributed by atoms with Crippen molar-refractivity contribution in [2.45, 2.75) is 194 Å². The third-order valence-corrected chi connectivity index (χ3v) is 9.61. The maximum Gasteiger partial charge on any atom is 2.00 e. The molecule has 0 N–H and O–H groups in total. The summed E-state index contributed by atoms with van der Waals surface area (Å²) in [6.07, 6.45) is 37.4. The van der Waals surface area contributed by atoms with Gasteiger partial charge in [-0.3, -0.25) is 8.85 Å². The molecule has 0 aliphatic carbocycles. The van der Waals surface area contributed by atoms with Crippen LogP contribution in [-0.2, 0) is 17.1 Å². The first-order valence-corrected chi connectivity index (χ1v) is 24.6. The minimum atomic E-state index is -0.489. The van der Waals surface area contributed by atoms with E-state index in [0.29, 0.717) is 24.1 Å². The van der Waals surface area contributed by atoms with Gasteiger partial charge in [-0.2, -0.15) is 0 Å². The molecule has 0 unspecified atom stereocenters. The number of hydrogen-bond donors (Lipinski definition) is 0. The average molecular weight is 957 g/mol. The van der Waals surface area contributed by atoms with Gasteiger partial charge in [-0.1, -0.05) is 192 Å². The molecule has 0 atom stereocenters. The van der Waals surface area contributed by atoms with Gasteiger partial charge >= 0.3 is 27.9 Å². The van der Waals surface area contributed by atoms with Crippen LogP contribution in [0.25, 0.3) is 0 Å². The molecule has 2 aromatic rings. The van der Waals surface area contributed by atoms with E-state index in [1.165, 1.54) is 191 Å². The van der Waals surface area contributed by atoms with Crippen molar-refractivity contribution in [1.29, 1.82) is 0 Å². The predicted molar refractivity (Wildman–Crippen MR) is 247 cm³/mol. The van der Waals surface area contributed by atoms with Gasteiger partial charge in [0.1, 0.15) is 0 Å². The minimum absolute atomic E-state index is 0. The van der Waals surface area contributed by atoms with E-state index in [-0.39, 0.29) is 27.7 Å². The van der Waals surface area contributed by atoms with Crippen LogP contribution in [0.1, 0.15) is 194 Å². The van der Waals surface area contributed by atoms with Crippen molar-refractivity contribution in [3.8, 4) is 23.0 Å². The first-order valence-electron chi connectivity index (χ1n) is 22.4. The Morgan fingerprint density at radius 1 is 0.322 bits per heavy atom. The van der Waals surface area contributed by atoms with Crippen LogP contribution >= 0.6 is 46.4 Å². The van der Waals surface area contributed by atoms with Gasteiger partial charge in [0.05, 0.1) is 10.7 Å². The molecular formula is C48H78Cl4CuO6. The molecule has 0 aromatic heterocycles. The summed E-state index contributed by atoms with van der Waals surface area (Å²) in [6.45, 7) is 5.82. The molecule has 0 heterocycles. The molecule has 0 aliphatic heterocycles. The second-order valence-electron chi connectivity index (χ2n) is 14.7. The van der Waals surface area contributed by atoms with Crippen LogP contribution in [0.4, 0.5) is 0 Å². The fraction of sp³-hybridized carbons (Fsp3) is 0.708. The monoisotopic (exact) mass is 953 g/mol. The Kier molecular flexibility index (Phi) is 53.6. The standard InChI is InChI=1S/2C23H38O3.2CH2Cl2.Cu/c2*1-2-3-4-5-6-7-8-9-10-11-12-13-14-15-20-26-21-16-18-22(24)23(25)19-17-21;2*2-1-3;/h2*16-19H,2-15,20H2,1H3,(H-,24,25);2*1H2;/q;;;;+2/p-2. The van der Waals surface area contributed by atoms with Crippen molar-refractivity contribution in [2.75, 3.05) is 23.9 Å². The van der Waals surface area contributed by atoms with Crippen molar-refractivity contribution in [2.24, 2.45) is 0 Å². The van der Waals surface area contributed by atoms with E-state index in [2.05, 4.69) is 13.8 Å². The minimum Gasteiger partial charge on any atom is -0.873 e. The number of halogens is 4. The normalized spacial score (nSPS) is 10.1. The van der Waals surface area contributed by atoms with Gasteiger partial charge in [0.15, 0.2) is 0 Å². The summed E-state index contributed by atoms with van der Waals surface area (Å²) < 4.78 is 11.2. The first-order chi connectivity index (χ1) is 28.3. The van der Waals surface area contributed by atoms with E-state index < -0.39 is 23.0 Å². The summed E-state index contributed by atoms with van der Waals surface area (Å²) in [5.74, 6) is -1.96. The second-order valence-corrected chi connectivity index (χ2v) is 16.3. The van der Waals surface area contributed by atoms with E-state index >= 15 is 0 Å². The Labute approximate surface area is 390 Å². The maximum absolute atomic E-state index is 11.2. The second kappa shape index (κ2) is 51.0. The third-order valence-electron chi connectivity index (χ3n) is 9.61. The van der Waals surface area contributed by atoms with Crippen LogP contribution in [0.5, 0.6) is 23.0 Å². The average Bonchev–Trinajstić information content (AvgIpc) is 3.48. The van der Waals surface area contributed by atoms with Gasteiger partial charge in [-0.25, -0.2) is 0 Å². The quantitative estimate of drug-likeness (QED) is 0.0336. The predicted octanol–water partition coefficient (Wildman–Crippen LogP) is 13.3. The van der Waals surface area contributed by atoms with E-state index in [9.17, 15) is 20.4 Å². The summed E-state index contributed by atoms with van der Waals surface area (Å²) in [5, 5.41) is 45.3. The topological polar surface area (TPSA) is 115 Å². The Morgan fingerprint density at radius 2 is 0.492 bits per heavy atom. The number of hydrogen-bond acceptors (Lipinski definition) is 4. The van der Waals surface area contributed by atoms with Gasteiger partial charge in [0, 0.05) is 37.1 Å². The van der Waals surface area contributed by atoms with Crippen LogP contribution in [0.3, 0.4) is 0 Å². The summed E-state index contributed by atoms with van der Waals surface area (Å²) in [4.78, 5) is 0. The first kappa shape index (κ1) is 62.0. The Hall–Kier alpha value is -1.34. The van der Waals surface area contributed by atoms with Crippen molar-refractivity contribution in [3.05, 3.63) is 68.2 Å². The van der Waals surface area contributed by atoms with Gasteiger partial charge in [0.25, 0.3) is 13.2 Å². The molecule has 2 rings (SSSR count). The molecule has 0 spiro atoms. The molecule has 1 radical (unpaired) electrons. The van der Waals surface area contributed by atoms with Crippen molar-refractivity contribution in [1.82, 2.24) is 0 Å². The van der Waals surface area contributed by atoms with Crippen molar-refractivity contribution < 1.29 is 37.5 Å². The Bertz CT molecular complexity index is 1150. The zero-order valence-corrected chi connectivity index (χ0v) is 40.5. The third kappa shape index (κ3) is 46.0. The van der Waals surface area contributed by atoms with Crippen LogP contribution in [-0.4, -0.2) is 23.9 Å². The van der Waals surface area contributed by atoms with E-state index in [4.69, 9.17) is 55.3 Å². The van der Waals surface area contributed by atoms with Crippen LogP contribution < -0.4 is 31.3 Å². The molecule has 59 heavy (non-hydrogen) atoms. The fourth-order valence-electron chi connectivity index (χ4n) is 6.24. The molecule has 2 aromatic carbocycles. The molecule has 345 valence electrons. The summed E-state index contributed by atoms with van der Waals surface area (Å²) >= 11 is 19.1. The molecule has 0 amide bonds. The van der Waals surface area contributed by atoms with Gasteiger partial charge < -0.3 is 20.4 Å². The zero-order chi connectivity index (χ0) is 43.2. The van der Waals surface area contributed by atoms with Gasteiger partial charge in [0.2, 0.25) is 0 Å². The SMILES string of the molecule is CCCCCCCCCCCCCCCC[O+]=c1ccc([O-])c([O-])cc1.CCCCCCCCCCCCCCCC[O+]=c1ccc([O-])c([O-])cc1.ClCCl.ClCCl.[Cu+2]. The maximum atomic E-state index is 11.2. The van der Waals surface area contributed by atoms with Crippen molar-refractivity contribution in [3.63, 3.8) is 0 Å². The summed E-state index contributed by atoms with van der Waals surface area (Å²) in [6, 6.07) is 11.4. The van der Waals surface area contributed by atoms with Crippen LogP contribution in [0, 0.1) is 0 Å². The largest absolute Gasteiger partial charge is 2.00 e. The Morgan fingerprint density at radius 3 is 0.678 bits per heavy atom. The molecular weight excluding hydrogens is 878 g/mol. The number of unbranched alkanes of at least 4 members (excludes halogenated alkanes) is 26. The molecule has 6 nitrogen and oxygen atoms in total. The van der Waals surface area contributed by atoms with Crippen molar-refractivity contribution >= 4 is 46.4 Å². The number of rotatable bonds is 30. The molecule has 0 aliphatic rings. The molecule has 0 saturated carbocycles. The summed E-state index contributed by atoms with van der Waals surface area (Å²) in [5.41, 5.74) is 1.19. The van der Waals surface area contributed by atoms with Crippen LogP contribution in [0.2, 0.25) is 0 Å². The van der Waals surface area contributed by atoms with Gasteiger partial charge in [-0.05, 0) is 12.8 Å². The fourth-order valence-corrected chi connectivity index (χ4v) is 6.24. The molecule has 11 heteroatoms. The zero-order valence-electron chi connectivity index (χ0n) is 36.5. The summed E-state index contributed by atoms with van der Waals surface area (Å²) in [7, 11) is 0. The Balaban J connectivity index is -0.000000922. The number of alkyl halides is 4. The van der Waals surface area contributed by atoms with Crippen LogP contribution in [0.15, 0.2) is 57.4 Å². The van der Waals surface area contributed by atoms with Gasteiger partial charge in [-0.15, -0.1) is 69.4 Å². The van der Waals surface area contributed by atoms with E-state index in [1.807, 2.05) is 0 Å². The smallest absolute Gasteiger partial charge is 0.873 e. The molecule has 0 fully saturated rings.